The molecule has 0 saturated carbocycles. The molecule has 122 valence electrons. The molecule has 0 atom stereocenters. The highest BCUT2D eigenvalue weighted by molar-refractivity contribution is 14.0. The molecular formula is C16H24IN3O2. The normalized spacial score (nSPS) is 13.5. The van der Waals surface area contributed by atoms with Gasteiger partial charge in [0.1, 0.15) is 0 Å². The summed E-state index contributed by atoms with van der Waals surface area (Å²) in [5, 5.41) is 3.03. The average Bonchev–Trinajstić information content (AvgIpc) is 2.90. The number of ether oxygens (including phenoxy) is 2. The van der Waals surface area contributed by atoms with Crippen LogP contribution in [-0.2, 0) is 5.41 Å². The van der Waals surface area contributed by atoms with Gasteiger partial charge in [-0.05, 0) is 24.6 Å². The first-order valence-electron chi connectivity index (χ1n) is 6.97. The van der Waals surface area contributed by atoms with Gasteiger partial charge in [0.05, 0.1) is 6.54 Å². The number of halogens is 1. The zero-order chi connectivity index (χ0) is 15.5. The Balaban J connectivity index is 0.00000242. The van der Waals surface area contributed by atoms with Crippen molar-refractivity contribution >= 4 is 29.9 Å². The molecule has 0 amide bonds. The van der Waals surface area contributed by atoms with Gasteiger partial charge in [-0.2, -0.15) is 0 Å². The lowest BCUT2D eigenvalue weighted by molar-refractivity contribution is 0.174. The van der Waals surface area contributed by atoms with Gasteiger partial charge in [-0.25, -0.2) is 0 Å². The quantitative estimate of drug-likeness (QED) is 0.335. The topological polar surface area (TPSA) is 68.9 Å². The van der Waals surface area contributed by atoms with E-state index in [1.165, 1.54) is 0 Å². The van der Waals surface area contributed by atoms with Crippen LogP contribution in [0.3, 0.4) is 0 Å². The summed E-state index contributed by atoms with van der Waals surface area (Å²) < 4.78 is 10.8. The van der Waals surface area contributed by atoms with Gasteiger partial charge in [-0.15, -0.1) is 24.0 Å². The molecule has 0 aromatic heterocycles. The largest absolute Gasteiger partial charge is 0.454 e. The fraction of sp³-hybridized carbons (Fsp3) is 0.438. The Morgan fingerprint density at radius 3 is 2.73 bits per heavy atom. The Kier molecular flexibility index (Phi) is 6.52. The van der Waals surface area contributed by atoms with Crippen molar-refractivity contribution in [2.45, 2.75) is 26.2 Å². The SMILES string of the molecule is C=C(C)CNC(N)=NCC(C)(C)c1ccc2c(c1)OCO2.I. The number of guanidine groups is 1. The number of hydrogen-bond acceptors (Lipinski definition) is 3. The van der Waals surface area contributed by atoms with Crippen molar-refractivity contribution in [3.8, 4) is 11.5 Å². The number of nitrogens with zero attached hydrogens (tertiary/aromatic N) is 1. The molecule has 1 aromatic rings. The second-order valence-electron chi connectivity index (χ2n) is 5.96. The molecule has 1 aliphatic heterocycles. The molecule has 0 saturated heterocycles. The summed E-state index contributed by atoms with van der Waals surface area (Å²) >= 11 is 0. The molecule has 0 bridgehead atoms. The van der Waals surface area contributed by atoms with Crippen LogP contribution in [0.1, 0.15) is 26.3 Å². The minimum absolute atomic E-state index is 0. The smallest absolute Gasteiger partial charge is 0.231 e. The summed E-state index contributed by atoms with van der Waals surface area (Å²) in [4.78, 5) is 4.41. The van der Waals surface area contributed by atoms with E-state index in [9.17, 15) is 0 Å². The van der Waals surface area contributed by atoms with Crippen LogP contribution in [0.15, 0.2) is 35.3 Å². The zero-order valence-corrected chi connectivity index (χ0v) is 15.6. The zero-order valence-electron chi connectivity index (χ0n) is 13.3. The third-order valence-electron chi connectivity index (χ3n) is 3.37. The van der Waals surface area contributed by atoms with Crippen LogP contribution in [0.5, 0.6) is 11.5 Å². The summed E-state index contributed by atoms with van der Waals surface area (Å²) in [5.74, 6) is 2.02. The maximum Gasteiger partial charge on any atom is 0.231 e. The minimum atomic E-state index is -0.142. The summed E-state index contributed by atoms with van der Waals surface area (Å²) in [5.41, 5.74) is 7.87. The number of benzene rings is 1. The van der Waals surface area contributed by atoms with E-state index in [1.54, 1.807) is 0 Å². The van der Waals surface area contributed by atoms with Crippen LogP contribution in [0.2, 0.25) is 0 Å². The maximum atomic E-state index is 5.85. The van der Waals surface area contributed by atoms with E-state index in [0.717, 1.165) is 22.6 Å². The van der Waals surface area contributed by atoms with E-state index < -0.39 is 0 Å². The molecule has 2 rings (SSSR count). The van der Waals surface area contributed by atoms with Crippen molar-refractivity contribution in [1.29, 1.82) is 0 Å². The predicted molar refractivity (Wildman–Crippen MR) is 100 cm³/mol. The second kappa shape index (κ2) is 7.71. The van der Waals surface area contributed by atoms with E-state index in [1.807, 2.05) is 25.1 Å². The molecule has 0 radical (unpaired) electrons. The standard InChI is InChI=1S/C16H23N3O2.HI/c1-11(2)8-18-15(17)19-9-16(3,4)12-5-6-13-14(7-12)21-10-20-13;/h5-7H,1,8-10H2,2-4H3,(H3,17,18,19);1H. The van der Waals surface area contributed by atoms with Crippen LogP contribution in [0.4, 0.5) is 0 Å². The monoisotopic (exact) mass is 417 g/mol. The second-order valence-corrected chi connectivity index (χ2v) is 5.96. The molecule has 0 unspecified atom stereocenters. The number of rotatable bonds is 5. The molecule has 3 N–H and O–H groups in total. The average molecular weight is 417 g/mol. The first-order valence-corrected chi connectivity index (χ1v) is 6.97. The number of nitrogens with two attached hydrogens (primary N) is 1. The highest BCUT2D eigenvalue weighted by Crippen LogP contribution is 2.36. The number of nitrogens with one attached hydrogen (secondary N) is 1. The lowest BCUT2D eigenvalue weighted by Crippen LogP contribution is -2.34. The third kappa shape index (κ3) is 4.79. The van der Waals surface area contributed by atoms with E-state index in [2.05, 4.69) is 30.7 Å². The molecule has 0 aliphatic carbocycles. The van der Waals surface area contributed by atoms with Gasteiger partial charge in [0, 0.05) is 12.0 Å². The van der Waals surface area contributed by atoms with Crippen LogP contribution >= 0.6 is 24.0 Å². The minimum Gasteiger partial charge on any atom is -0.454 e. The summed E-state index contributed by atoms with van der Waals surface area (Å²) in [6.07, 6.45) is 0. The number of hydrogen-bond donors (Lipinski definition) is 2. The molecule has 1 heterocycles. The first kappa shape index (κ1) is 18.6. The van der Waals surface area contributed by atoms with Crippen LogP contribution in [-0.4, -0.2) is 25.8 Å². The molecule has 0 spiro atoms. The fourth-order valence-corrected chi connectivity index (χ4v) is 1.99. The van der Waals surface area contributed by atoms with Gasteiger partial charge >= 0.3 is 0 Å². The summed E-state index contributed by atoms with van der Waals surface area (Å²) in [7, 11) is 0. The van der Waals surface area contributed by atoms with Gasteiger partial charge in [-0.1, -0.05) is 32.1 Å². The molecule has 1 aliphatic rings. The molecule has 6 heteroatoms. The Bertz CT molecular complexity index is 571. The number of fused-ring (bicyclic) bond motifs is 1. The maximum absolute atomic E-state index is 5.85. The van der Waals surface area contributed by atoms with Crippen molar-refractivity contribution in [3.63, 3.8) is 0 Å². The summed E-state index contributed by atoms with van der Waals surface area (Å²) in [6.45, 7) is 11.5. The Labute approximate surface area is 149 Å². The Hall–Kier alpha value is -1.44. The van der Waals surface area contributed by atoms with Gasteiger partial charge in [-0.3, -0.25) is 4.99 Å². The Morgan fingerprint density at radius 2 is 2.05 bits per heavy atom. The third-order valence-corrected chi connectivity index (χ3v) is 3.37. The molecule has 1 aromatic carbocycles. The van der Waals surface area contributed by atoms with Crippen LogP contribution in [0, 0.1) is 0 Å². The lowest BCUT2D eigenvalue weighted by Gasteiger charge is -2.23. The Morgan fingerprint density at radius 1 is 1.36 bits per heavy atom. The number of aliphatic imine (C=N–C) groups is 1. The van der Waals surface area contributed by atoms with Gasteiger partial charge in [0.25, 0.3) is 0 Å². The van der Waals surface area contributed by atoms with Crippen molar-refractivity contribution in [3.05, 3.63) is 35.9 Å². The van der Waals surface area contributed by atoms with Gasteiger partial charge in [0.2, 0.25) is 6.79 Å². The summed E-state index contributed by atoms with van der Waals surface area (Å²) in [6, 6.07) is 5.99. The van der Waals surface area contributed by atoms with Gasteiger partial charge in [0.15, 0.2) is 17.5 Å². The molecule has 0 fully saturated rings. The fourth-order valence-electron chi connectivity index (χ4n) is 1.99. The lowest BCUT2D eigenvalue weighted by atomic mass is 9.84. The van der Waals surface area contributed by atoms with E-state index in [0.29, 0.717) is 19.0 Å². The van der Waals surface area contributed by atoms with E-state index in [-0.39, 0.29) is 36.2 Å². The predicted octanol–water partition coefficient (Wildman–Crippen LogP) is 2.79. The van der Waals surface area contributed by atoms with Crippen molar-refractivity contribution in [2.24, 2.45) is 10.7 Å². The molecular weight excluding hydrogens is 393 g/mol. The van der Waals surface area contributed by atoms with Crippen molar-refractivity contribution in [2.75, 3.05) is 19.9 Å². The van der Waals surface area contributed by atoms with Gasteiger partial charge < -0.3 is 20.5 Å². The van der Waals surface area contributed by atoms with Crippen LogP contribution < -0.4 is 20.5 Å². The first-order chi connectivity index (χ1) is 9.88. The van der Waals surface area contributed by atoms with E-state index in [4.69, 9.17) is 15.2 Å². The van der Waals surface area contributed by atoms with E-state index >= 15 is 0 Å². The molecule has 5 nitrogen and oxygen atoms in total. The highest BCUT2D eigenvalue weighted by atomic mass is 127. The van der Waals surface area contributed by atoms with Crippen molar-refractivity contribution < 1.29 is 9.47 Å². The molecule has 22 heavy (non-hydrogen) atoms. The van der Waals surface area contributed by atoms with Crippen LogP contribution in [0.25, 0.3) is 0 Å². The van der Waals surface area contributed by atoms with Crippen molar-refractivity contribution in [1.82, 2.24) is 5.32 Å². The highest BCUT2D eigenvalue weighted by Gasteiger charge is 2.23.